The molecule has 1 N–H and O–H groups in total. The van der Waals surface area contributed by atoms with Crippen molar-refractivity contribution in [2.24, 2.45) is 0 Å². The van der Waals surface area contributed by atoms with Crippen LogP contribution in [0.1, 0.15) is 12.0 Å². The fourth-order valence-electron chi connectivity index (χ4n) is 1.10. The second-order valence-electron chi connectivity index (χ2n) is 2.58. The van der Waals surface area contributed by atoms with Gasteiger partial charge in [0.1, 0.15) is 0 Å². The van der Waals surface area contributed by atoms with Crippen molar-refractivity contribution in [2.75, 3.05) is 6.61 Å². The number of hydrogen-bond donors (Lipinski definition) is 1. The Morgan fingerprint density at radius 1 is 1.15 bits per heavy atom. The molecular weight excluding hydrogens is 174 g/mol. The molecule has 1 aromatic carbocycles. The van der Waals surface area contributed by atoms with Crippen molar-refractivity contribution < 1.29 is 13.9 Å². The summed E-state index contributed by atoms with van der Waals surface area (Å²) in [5, 5.41) is 8.58. The van der Waals surface area contributed by atoms with Gasteiger partial charge in [0, 0.05) is 18.6 Å². The van der Waals surface area contributed by atoms with Gasteiger partial charge in [0.15, 0.2) is 0 Å². The molecule has 0 atom stereocenters. The van der Waals surface area contributed by atoms with E-state index < -0.39 is 6.08 Å². The SMILES string of the molecule is OCCC(=C(F)F)c1ccccc1. The van der Waals surface area contributed by atoms with E-state index in [1.54, 1.807) is 30.3 Å². The molecule has 0 aliphatic heterocycles. The van der Waals surface area contributed by atoms with Crippen LogP contribution >= 0.6 is 0 Å². The minimum atomic E-state index is -1.72. The first-order valence-corrected chi connectivity index (χ1v) is 3.96. The summed E-state index contributed by atoms with van der Waals surface area (Å²) >= 11 is 0. The summed E-state index contributed by atoms with van der Waals surface area (Å²) in [6.07, 6.45) is -1.73. The molecule has 0 aliphatic rings. The molecule has 1 nitrogen and oxygen atoms in total. The van der Waals surface area contributed by atoms with Gasteiger partial charge in [-0.1, -0.05) is 30.3 Å². The molecule has 70 valence electrons. The van der Waals surface area contributed by atoms with Gasteiger partial charge < -0.3 is 5.11 Å². The molecule has 13 heavy (non-hydrogen) atoms. The Morgan fingerprint density at radius 3 is 2.23 bits per heavy atom. The van der Waals surface area contributed by atoms with Crippen molar-refractivity contribution in [1.82, 2.24) is 0 Å². The number of rotatable bonds is 3. The number of benzene rings is 1. The summed E-state index contributed by atoms with van der Waals surface area (Å²) in [5.41, 5.74) is 0.389. The molecule has 0 amide bonds. The molecule has 0 aliphatic carbocycles. The molecule has 0 aromatic heterocycles. The third-order valence-corrected chi connectivity index (χ3v) is 1.71. The molecule has 0 heterocycles. The fourth-order valence-corrected chi connectivity index (χ4v) is 1.10. The smallest absolute Gasteiger partial charge is 0.274 e. The minimum Gasteiger partial charge on any atom is -0.396 e. The Bertz CT molecular complexity index is 289. The maximum absolute atomic E-state index is 12.3. The Morgan fingerprint density at radius 2 is 1.77 bits per heavy atom. The highest BCUT2D eigenvalue weighted by atomic mass is 19.3. The summed E-state index contributed by atoms with van der Waals surface area (Å²) in [6, 6.07) is 8.34. The van der Waals surface area contributed by atoms with E-state index in [2.05, 4.69) is 0 Å². The van der Waals surface area contributed by atoms with Crippen LogP contribution in [0.2, 0.25) is 0 Å². The van der Waals surface area contributed by atoms with Crippen LogP contribution in [0.3, 0.4) is 0 Å². The predicted octanol–water partition coefficient (Wildman–Crippen LogP) is 2.68. The topological polar surface area (TPSA) is 20.2 Å². The van der Waals surface area contributed by atoms with Crippen molar-refractivity contribution in [2.45, 2.75) is 6.42 Å². The van der Waals surface area contributed by atoms with E-state index in [1.165, 1.54) is 0 Å². The summed E-state index contributed by atoms with van der Waals surface area (Å²) in [6.45, 7) is -0.262. The number of aliphatic hydroxyl groups is 1. The highest BCUT2D eigenvalue weighted by Gasteiger charge is 2.07. The molecule has 0 radical (unpaired) electrons. The highest BCUT2D eigenvalue weighted by Crippen LogP contribution is 2.23. The first kappa shape index (κ1) is 9.86. The van der Waals surface area contributed by atoms with E-state index in [0.29, 0.717) is 5.56 Å². The van der Waals surface area contributed by atoms with Crippen molar-refractivity contribution in [3.63, 3.8) is 0 Å². The van der Waals surface area contributed by atoms with Gasteiger partial charge in [-0.25, -0.2) is 0 Å². The largest absolute Gasteiger partial charge is 0.396 e. The Hall–Kier alpha value is -1.22. The Kier molecular flexibility index (Phi) is 3.58. The van der Waals surface area contributed by atoms with E-state index in [9.17, 15) is 8.78 Å². The van der Waals surface area contributed by atoms with Crippen molar-refractivity contribution in [1.29, 1.82) is 0 Å². The van der Waals surface area contributed by atoms with E-state index in [-0.39, 0.29) is 18.6 Å². The first-order valence-electron chi connectivity index (χ1n) is 3.96. The fraction of sp³-hybridized carbons (Fsp3) is 0.200. The molecule has 3 heteroatoms. The minimum absolute atomic E-state index is 0.00759. The van der Waals surface area contributed by atoms with E-state index in [1.807, 2.05) is 0 Å². The summed E-state index contributed by atoms with van der Waals surface area (Å²) in [7, 11) is 0. The van der Waals surface area contributed by atoms with Crippen LogP contribution in [0.4, 0.5) is 8.78 Å². The van der Waals surface area contributed by atoms with Crippen molar-refractivity contribution in [3.8, 4) is 0 Å². The molecule has 0 fully saturated rings. The normalized spacial score (nSPS) is 9.77. The number of hydrogen-bond acceptors (Lipinski definition) is 1. The highest BCUT2D eigenvalue weighted by molar-refractivity contribution is 5.66. The van der Waals surface area contributed by atoms with Crippen LogP contribution in [-0.4, -0.2) is 11.7 Å². The predicted molar refractivity (Wildman–Crippen MR) is 47.3 cm³/mol. The zero-order valence-electron chi connectivity index (χ0n) is 7.00. The van der Waals surface area contributed by atoms with Crippen LogP contribution < -0.4 is 0 Å². The lowest BCUT2D eigenvalue weighted by Gasteiger charge is -2.03. The monoisotopic (exact) mass is 184 g/mol. The average molecular weight is 184 g/mol. The van der Waals surface area contributed by atoms with E-state index in [4.69, 9.17) is 5.11 Å². The van der Waals surface area contributed by atoms with Crippen molar-refractivity contribution >= 4 is 5.57 Å². The second kappa shape index (κ2) is 4.72. The van der Waals surface area contributed by atoms with E-state index >= 15 is 0 Å². The maximum Gasteiger partial charge on any atom is 0.274 e. The van der Waals surface area contributed by atoms with Gasteiger partial charge in [-0.3, -0.25) is 0 Å². The molecule has 0 saturated heterocycles. The zero-order chi connectivity index (χ0) is 9.68. The van der Waals surface area contributed by atoms with Gasteiger partial charge in [0.05, 0.1) is 0 Å². The summed E-state index contributed by atoms with van der Waals surface area (Å²) < 4.78 is 24.7. The van der Waals surface area contributed by atoms with Gasteiger partial charge in [-0.05, 0) is 5.56 Å². The quantitative estimate of drug-likeness (QED) is 0.765. The van der Waals surface area contributed by atoms with Gasteiger partial charge in [0.25, 0.3) is 6.08 Å². The van der Waals surface area contributed by atoms with Gasteiger partial charge >= 0.3 is 0 Å². The molecule has 1 rings (SSSR count). The van der Waals surface area contributed by atoms with Crippen LogP contribution in [0.5, 0.6) is 0 Å². The summed E-state index contributed by atoms with van der Waals surface area (Å²) in [4.78, 5) is 0. The Labute approximate surface area is 75.3 Å². The van der Waals surface area contributed by atoms with Crippen molar-refractivity contribution in [3.05, 3.63) is 42.0 Å². The lowest BCUT2D eigenvalue weighted by atomic mass is 10.0. The zero-order valence-corrected chi connectivity index (χ0v) is 7.00. The standard InChI is InChI=1S/C10H10F2O/c11-10(12)9(6-7-13)8-4-2-1-3-5-8/h1-5,13H,6-7H2. The molecule has 0 unspecified atom stereocenters. The van der Waals surface area contributed by atoms with Crippen LogP contribution in [0, 0.1) is 0 Å². The van der Waals surface area contributed by atoms with Crippen LogP contribution in [-0.2, 0) is 0 Å². The lowest BCUT2D eigenvalue weighted by Crippen LogP contribution is -1.90. The molecule has 0 saturated carbocycles. The van der Waals surface area contributed by atoms with Gasteiger partial charge in [-0.15, -0.1) is 0 Å². The van der Waals surface area contributed by atoms with E-state index in [0.717, 1.165) is 0 Å². The maximum atomic E-state index is 12.3. The summed E-state index contributed by atoms with van der Waals surface area (Å²) in [5.74, 6) is 0. The first-order chi connectivity index (χ1) is 6.25. The number of aliphatic hydroxyl groups excluding tert-OH is 1. The molecule has 1 aromatic rings. The Balaban J connectivity index is 2.97. The third-order valence-electron chi connectivity index (χ3n) is 1.71. The molecular formula is C10H10F2O. The third kappa shape index (κ3) is 2.63. The van der Waals surface area contributed by atoms with Crippen LogP contribution in [0.25, 0.3) is 5.57 Å². The lowest BCUT2D eigenvalue weighted by molar-refractivity contribution is 0.302. The second-order valence-corrected chi connectivity index (χ2v) is 2.58. The molecule has 0 spiro atoms. The van der Waals surface area contributed by atoms with Gasteiger partial charge in [-0.2, -0.15) is 8.78 Å². The van der Waals surface area contributed by atoms with Gasteiger partial charge in [0.2, 0.25) is 0 Å². The van der Waals surface area contributed by atoms with Crippen LogP contribution in [0.15, 0.2) is 36.4 Å². The average Bonchev–Trinajstić information content (AvgIpc) is 2.15. The number of halogens is 2. The molecule has 0 bridgehead atoms.